The van der Waals surface area contributed by atoms with E-state index in [0.29, 0.717) is 12.0 Å². The van der Waals surface area contributed by atoms with Crippen LogP contribution >= 0.6 is 0 Å². The number of hydrogen-bond acceptors (Lipinski definition) is 5. The van der Waals surface area contributed by atoms with E-state index in [-0.39, 0.29) is 29.3 Å². The first kappa shape index (κ1) is 20.2. The molecule has 0 bridgehead atoms. The Balaban J connectivity index is 1.93. The average molecular weight is 395 g/mol. The summed E-state index contributed by atoms with van der Waals surface area (Å²) in [5, 5.41) is 13.7. The van der Waals surface area contributed by atoms with Gasteiger partial charge in [-0.25, -0.2) is 0 Å². The van der Waals surface area contributed by atoms with Crippen LogP contribution in [0.2, 0.25) is 0 Å². The van der Waals surface area contributed by atoms with Crippen LogP contribution in [0.4, 0.5) is 5.69 Å². The highest BCUT2D eigenvalue weighted by molar-refractivity contribution is 6.22. The van der Waals surface area contributed by atoms with Crippen molar-refractivity contribution in [2.45, 2.75) is 38.8 Å². The first-order valence-electron chi connectivity index (χ1n) is 9.34. The summed E-state index contributed by atoms with van der Waals surface area (Å²) in [4.78, 5) is 50.1. The van der Waals surface area contributed by atoms with Gasteiger partial charge < -0.3 is 5.32 Å². The van der Waals surface area contributed by atoms with Crippen LogP contribution in [-0.2, 0) is 11.2 Å². The molecular formula is C21H21N3O5. The number of amides is 3. The summed E-state index contributed by atoms with van der Waals surface area (Å²) >= 11 is 0. The Labute approximate surface area is 167 Å². The number of nitro benzene ring substituents is 1. The lowest BCUT2D eigenvalue weighted by Gasteiger charge is -2.27. The van der Waals surface area contributed by atoms with Gasteiger partial charge >= 0.3 is 0 Å². The highest BCUT2D eigenvalue weighted by Gasteiger charge is 2.42. The topological polar surface area (TPSA) is 110 Å². The molecule has 0 saturated carbocycles. The Bertz CT molecular complexity index is 936. The van der Waals surface area contributed by atoms with Gasteiger partial charge in [0.05, 0.1) is 16.1 Å². The third-order valence-corrected chi connectivity index (χ3v) is 5.02. The van der Waals surface area contributed by atoms with Gasteiger partial charge in [-0.2, -0.15) is 0 Å². The van der Waals surface area contributed by atoms with Crippen LogP contribution in [0.15, 0.2) is 48.5 Å². The average Bonchev–Trinajstić information content (AvgIpc) is 2.97. The highest BCUT2D eigenvalue weighted by atomic mass is 16.6. The zero-order chi connectivity index (χ0) is 21.1. The van der Waals surface area contributed by atoms with Gasteiger partial charge in [-0.05, 0) is 31.0 Å². The van der Waals surface area contributed by atoms with Gasteiger partial charge in [0.1, 0.15) is 6.04 Å². The molecule has 2 atom stereocenters. The Morgan fingerprint density at radius 2 is 1.62 bits per heavy atom. The molecule has 3 amide bonds. The summed E-state index contributed by atoms with van der Waals surface area (Å²) in [5.41, 5.74) is 1.07. The van der Waals surface area contributed by atoms with Crippen LogP contribution in [0.1, 0.15) is 46.5 Å². The molecule has 1 N–H and O–H groups in total. The van der Waals surface area contributed by atoms with Gasteiger partial charge in [0, 0.05) is 24.6 Å². The van der Waals surface area contributed by atoms with E-state index in [9.17, 15) is 24.5 Å². The fourth-order valence-electron chi connectivity index (χ4n) is 3.21. The summed E-state index contributed by atoms with van der Waals surface area (Å²) in [7, 11) is 0. The van der Waals surface area contributed by atoms with Gasteiger partial charge in [-0.1, -0.05) is 31.2 Å². The fraction of sp³-hybridized carbons (Fsp3) is 0.286. The minimum absolute atomic E-state index is 0.0612. The first-order valence-corrected chi connectivity index (χ1v) is 9.34. The van der Waals surface area contributed by atoms with Crippen LogP contribution in [0.25, 0.3) is 0 Å². The molecule has 1 heterocycles. The molecule has 8 nitrogen and oxygen atoms in total. The van der Waals surface area contributed by atoms with Crippen molar-refractivity contribution in [2.24, 2.45) is 0 Å². The van der Waals surface area contributed by atoms with Crippen molar-refractivity contribution >= 4 is 23.4 Å². The van der Waals surface area contributed by atoms with Crippen LogP contribution < -0.4 is 5.32 Å². The largest absolute Gasteiger partial charge is 0.352 e. The number of rotatable bonds is 7. The third kappa shape index (κ3) is 4.01. The second kappa shape index (κ2) is 8.22. The van der Waals surface area contributed by atoms with E-state index in [1.165, 1.54) is 24.3 Å². The molecule has 29 heavy (non-hydrogen) atoms. The van der Waals surface area contributed by atoms with Crippen molar-refractivity contribution in [3.63, 3.8) is 0 Å². The lowest BCUT2D eigenvalue weighted by molar-refractivity contribution is -0.384. The maximum atomic E-state index is 13.0. The zero-order valence-electron chi connectivity index (χ0n) is 16.1. The van der Waals surface area contributed by atoms with Crippen molar-refractivity contribution in [1.82, 2.24) is 10.2 Å². The molecule has 2 aromatic rings. The minimum atomic E-state index is -1.06. The molecule has 1 aliphatic heterocycles. The molecule has 8 heteroatoms. The molecule has 0 spiro atoms. The van der Waals surface area contributed by atoms with Gasteiger partial charge in [0.25, 0.3) is 17.5 Å². The summed E-state index contributed by atoms with van der Waals surface area (Å²) in [6.07, 6.45) is 0.754. The lowest BCUT2D eigenvalue weighted by atomic mass is 10.0. The molecule has 0 saturated heterocycles. The number of nitrogens with one attached hydrogen (secondary N) is 1. The normalized spacial score (nSPS) is 15.0. The SMILES string of the molecule is CC[C@@H](C)NC(=O)[C@@H](Cc1ccc([N+](=O)[O-])cc1)N1C(=O)c2ccccc2C1=O. The Morgan fingerprint density at radius 3 is 2.10 bits per heavy atom. The fourth-order valence-corrected chi connectivity index (χ4v) is 3.21. The number of carbonyl (C=O) groups excluding carboxylic acids is 3. The molecule has 150 valence electrons. The molecular weight excluding hydrogens is 374 g/mol. The summed E-state index contributed by atoms with van der Waals surface area (Å²) in [5.74, 6) is -1.47. The van der Waals surface area contributed by atoms with E-state index in [0.717, 1.165) is 4.90 Å². The maximum Gasteiger partial charge on any atom is 0.269 e. The number of nitrogens with zero attached hydrogens (tertiary/aromatic N) is 2. The van der Waals surface area contributed by atoms with E-state index < -0.39 is 28.7 Å². The standard InChI is InChI=1S/C21H21N3O5/c1-3-13(2)22-19(25)18(12-14-8-10-15(11-9-14)24(28)29)23-20(26)16-6-4-5-7-17(16)21(23)27/h4-11,13,18H,3,12H2,1-2H3,(H,22,25)/t13-,18-/m1/s1. The third-order valence-electron chi connectivity index (χ3n) is 5.02. The summed E-state index contributed by atoms with van der Waals surface area (Å²) in [6.45, 7) is 3.75. The van der Waals surface area contributed by atoms with Crippen LogP contribution in [0.3, 0.4) is 0 Å². The molecule has 0 fully saturated rings. The predicted octanol–water partition coefficient (Wildman–Crippen LogP) is 2.72. The molecule has 3 rings (SSSR count). The molecule has 0 unspecified atom stereocenters. The van der Waals surface area contributed by atoms with Crippen molar-refractivity contribution in [3.8, 4) is 0 Å². The second-order valence-electron chi connectivity index (χ2n) is 6.99. The van der Waals surface area contributed by atoms with Crippen molar-refractivity contribution in [2.75, 3.05) is 0 Å². The molecule has 0 radical (unpaired) electrons. The van der Waals surface area contributed by atoms with E-state index in [4.69, 9.17) is 0 Å². The number of benzene rings is 2. The predicted molar refractivity (Wildman–Crippen MR) is 105 cm³/mol. The van der Waals surface area contributed by atoms with E-state index in [1.54, 1.807) is 24.3 Å². The molecule has 0 aromatic heterocycles. The molecule has 1 aliphatic rings. The molecule has 0 aliphatic carbocycles. The van der Waals surface area contributed by atoms with Crippen LogP contribution in [0, 0.1) is 10.1 Å². The number of imide groups is 1. The minimum Gasteiger partial charge on any atom is -0.352 e. The van der Waals surface area contributed by atoms with E-state index in [2.05, 4.69) is 5.32 Å². The zero-order valence-corrected chi connectivity index (χ0v) is 16.1. The Morgan fingerprint density at radius 1 is 1.07 bits per heavy atom. The number of carbonyl (C=O) groups is 3. The van der Waals surface area contributed by atoms with Crippen molar-refractivity contribution in [3.05, 3.63) is 75.3 Å². The number of hydrogen-bond donors (Lipinski definition) is 1. The number of nitro groups is 1. The smallest absolute Gasteiger partial charge is 0.269 e. The quantitative estimate of drug-likeness (QED) is 0.440. The Hall–Kier alpha value is -3.55. The summed E-state index contributed by atoms with van der Waals surface area (Å²) < 4.78 is 0. The van der Waals surface area contributed by atoms with Crippen LogP contribution in [-0.4, -0.2) is 39.6 Å². The van der Waals surface area contributed by atoms with Crippen molar-refractivity contribution in [1.29, 1.82) is 0 Å². The maximum absolute atomic E-state index is 13.0. The Kier molecular flexibility index (Phi) is 5.72. The van der Waals surface area contributed by atoms with Gasteiger partial charge in [0.15, 0.2) is 0 Å². The summed E-state index contributed by atoms with van der Waals surface area (Å²) in [6, 6.07) is 11.0. The van der Waals surface area contributed by atoms with E-state index >= 15 is 0 Å². The van der Waals surface area contributed by atoms with Crippen LogP contribution in [0.5, 0.6) is 0 Å². The first-order chi connectivity index (χ1) is 13.8. The number of non-ortho nitro benzene ring substituents is 1. The van der Waals surface area contributed by atoms with E-state index in [1.807, 2.05) is 13.8 Å². The van der Waals surface area contributed by atoms with Gasteiger partial charge in [-0.15, -0.1) is 0 Å². The number of fused-ring (bicyclic) bond motifs is 1. The monoisotopic (exact) mass is 395 g/mol. The van der Waals surface area contributed by atoms with Crippen molar-refractivity contribution < 1.29 is 19.3 Å². The lowest BCUT2D eigenvalue weighted by Crippen LogP contribution is -2.52. The second-order valence-corrected chi connectivity index (χ2v) is 6.99. The van der Waals surface area contributed by atoms with Gasteiger partial charge in [-0.3, -0.25) is 29.4 Å². The van der Waals surface area contributed by atoms with Gasteiger partial charge in [0.2, 0.25) is 5.91 Å². The molecule has 2 aromatic carbocycles. The highest BCUT2D eigenvalue weighted by Crippen LogP contribution is 2.26.